The fraction of sp³-hybridized carbons (Fsp3) is 0.483. The first-order valence-electron chi connectivity index (χ1n) is 24.4. The predicted molar refractivity (Wildman–Crippen MR) is 275 cm³/mol. The van der Waals surface area contributed by atoms with Crippen molar-refractivity contribution in [1.29, 1.82) is 0 Å². The van der Waals surface area contributed by atoms with Crippen molar-refractivity contribution in [2.24, 2.45) is 10.8 Å². The van der Waals surface area contributed by atoms with Gasteiger partial charge in [-0.1, -0.05) is 190 Å². The predicted octanol–water partition coefficient (Wildman–Crippen LogP) is 19.1. The van der Waals surface area contributed by atoms with Crippen LogP contribution in [0.25, 0.3) is 43.8 Å². The van der Waals surface area contributed by atoms with Gasteiger partial charge in [-0.05, 0) is 84.5 Å². The summed E-state index contributed by atoms with van der Waals surface area (Å²) in [5.41, 5.74) is 12.4. The van der Waals surface area contributed by atoms with Gasteiger partial charge in [-0.25, -0.2) is 0 Å². The molecular weight excluding hydrogens is 887 g/mol. The minimum absolute atomic E-state index is 0.522. The Labute approximate surface area is 399 Å². The molecule has 0 spiro atoms. The van der Waals surface area contributed by atoms with Gasteiger partial charge in [-0.15, -0.1) is 69.1 Å². The Morgan fingerprint density at radius 2 is 0.823 bits per heavy atom. The van der Waals surface area contributed by atoms with Gasteiger partial charge in [0.15, 0.2) is 0 Å². The topological polar surface area (TPSA) is 0 Å². The zero-order valence-electron chi connectivity index (χ0n) is 39.3. The van der Waals surface area contributed by atoms with Crippen LogP contribution in [0.15, 0.2) is 109 Å². The molecule has 2 aliphatic rings. The van der Waals surface area contributed by atoms with Gasteiger partial charge in [0.25, 0.3) is 0 Å². The SMILES string of the molecule is CCc1ccc(-c2cccc3[cH-]c(CC4(CC)CCCCCCC4)cc23)cc1.CCc1ccc(-c2cccc3[cH-]c(CC4(CC)CCCCCCC4)cc23)cc1.C[Si]C.[Cl][Zr+2][Cl]. The molecule has 8 rings (SSSR count). The molecule has 0 bridgehead atoms. The van der Waals surface area contributed by atoms with Gasteiger partial charge in [0.1, 0.15) is 0 Å². The molecule has 0 saturated heterocycles. The van der Waals surface area contributed by atoms with Crippen molar-refractivity contribution in [2.75, 3.05) is 0 Å². The van der Waals surface area contributed by atoms with Gasteiger partial charge in [-0.3, -0.25) is 0 Å². The van der Waals surface area contributed by atoms with Crippen LogP contribution in [0, 0.1) is 10.8 Å². The van der Waals surface area contributed by atoms with E-state index in [0.717, 1.165) is 22.4 Å². The van der Waals surface area contributed by atoms with Crippen LogP contribution in [-0.4, -0.2) is 9.52 Å². The molecule has 0 aliphatic heterocycles. The van der Waals surface area contributed by atoms with E-state index in [-0.39, 0.29) is 0 Å². The number of aryl methyl sites for hydroxylation is 2. The summed E-state index contributed by atoms with van der Waals surface area (Å²) in [5.74, 6) is 0. The summed E-state index contributed by atoms with van der Waals surface area (Å²) in [6.07, 6.45) is 27.3. The van der Waals surface area contributed by atoms with E-state index in [1.165, 1.54) is 171 Å². The second-order valence-electron chi connectivity index (χ2n) is 18.6. The maximum absolute atomic E-state index is 4.93. The molecule has 6 aromatic carbocycles. The summed E-state index contributed by atoms with van der Waals surface area (Å²) in [5, 5.41) is 5.67. The van der Waals surface area contributed by atoms with Gasteiger partial charge < -0.3 is 0 Å². The molecule has 2 fully saturated rings. The molecule has 0 amide bonds. The van der Waals surface area contributed by atoms with Crippen molar-refractivity contribution < 1.29 is 20.8 Å². The van der Waals surface area contributed by atoms with Crippen molar-refractivity contribution in [3.05, 3.63) is 131 Å². The third-order valence-corrected chi connectivity index (χ3v) is 14.5. The second kappa shape index (κ2) is 26.7. The molecule has 330 valence electrons. The summed E-state index contributed by atoms with van der Waals surface area (Å²) in [7, 11) is 11.0. The molecule has 62 heavy (non-hydrogen) atoms. The van der Waals surface area contributed by atoms with Gasteiger partial charge in [-0.2, -0.15) is 12.1 Å². The minimum atomic E-state index is -0.826. The van der Waals surface area contributed by atoms with Gasteiger partial charge in [0.2, 0.25) is 0 Å². The molecule has 0 nitrogen and oxygen atoms in total. The third kappa shape index (κ3) is 14.4. The van der Waals surface area contributed by atoms with Crippen molar-refractivity contribution >= 4 is 48.1 Å². The molecule has 6 aromatic rings. The molecular formula is C58H76Cl2SiZr. The third-order valence-electron chi connectivity index (χ3n) is 14.5. The summed E-state index contributed by atoms with van der Waals surface area (Å²) in [4.78, 5) is 0. The summed E-state index contributed by atoms with van der Waals surface area (Å²) in [6.45, 7) is 13.6. The molecule has 0 atom stereocenters. The standard InChI is InChI=1S/2C28H35.C2H6Si.2ClH.Zr/c2*1-3-22-13-15-24(16-14-22)26-12-10-11-25-19-23(20-27(25)26)21-28(4-2)17-8-6-5-7-9-18-28;1-3-2;;;/h2*10-16,19-20H,3-9,17-18,21H2,1-2H3;1-2H3;2*1H;/q2*-1;;;;+4/p-2. The quantitative estimate of drug-likeness (QED) is 0.0948. The fourth-order valence-corrected chi connectivity index (χ4v) is 10.6. The van der Waals surface area contributed by atoms with E-state index in [4.69, 9.17) is 17.0 Å². The summed E-state index contributed by atoms with van der Waals surface area (Å²) in [6, 6.07) is 41.8. The van der Waals surface area contributed by atoms with Crippen LogP contribution < -0.4 is 0 Å². The molecule has 2 aliphatic carbocycles. The fourth-order valence-electron chi connectivity index (χ4n) is 10.6. The molecule has 0 heterocycles. The van der Waals surface area contributed by atoms with Gasteiger partial charge in [0, 0.05) is 9.52 Å². The van der Waals surface area contributed by atoms with E-state index in [9.17, 15) is 0 Å². The van der Waals surface area contributed by atoms with E-state index in [1.807, 2.05) is 0 Å². The molecule has 2 saturated carbocycles. The van der Waals surface area contributed by atoms with Gasteiger partial charge >= 0.3 is 37.9 Å². The zero-order valence-corrected chi connectivity index (χ0v) is 44.3. The van der Waals surface area contributed by atoms with Crippen LogP contribution in [0.4, 0.5) is 0 Å². The number of hydrogen-bond acceptors (Lipinski definition) is 0. The number of hydrogen-bond donors (Lipinski definition) is 0. The van der Waals surface area contributed by atoms with Gasteiger partial charge in [0.05, 0.1) is 0 Å². The van der Waals surface area contributed by atoms with E-state index in [0.29, 0.717) is 10.8 Å². The number of benzene rings is 4. The van der Waals surface area contributed by atoms with Crippen LogP contribution >= 0.6 is 17.0 Å². The van der Waals surface area contributed by atoms with Crippen LogP contribution in [0.1, 0.15) is 153 Å². The average Bonchev–Trinajstić information content (AvgIpc) is 3.90. The summed E-state index contributed by atoms with van der Waals surface area (Å²) >= 11 is -0.826. The Morgan fingerprint density at radius 3 is 1.13 bits per heavy atom. The Kier molecular flexibility index (Phi) is 21.8. The summed E-state index contributed by atoms with van der Waals surface area (Å²) < 4.78 is 0. The molecule has 0 N–H and O–H groups in total. The number of rotatable bonds is 10. The Bertz CT molecular complexity index is 1980. The monoisotopic (exact) mass is 960 g/mol. The van der Waals surface area contributed by atoms with Crippen LogP contribution in [0.5, 0.6) is 0 Å². The number of fused-ring (bicyclic) bond motifs is 2. The van der Waals surface area contributed by atoms with E-state index in [1.54, 1.807) is 11.1 Å². The Balaban J connectivity index is 0.000000208. The Hall–Kier alpha value is -2.22. The first-order valence-corrected chi connectivity index (χ1v) is 32.7. The van der Waals surface area contributed by atoms with Crippen molar-refractivity contribution in [3.8, 4) is 22.3 Å². The molecule has 4 heteroatoms. The van der Waals surface area contributed by atoms with E-state index >= 15 is 0 Å². The Morgan fingerprint density at radius 1 is 0.500 bits per heavy atom. The van der Waals surface area contributed by atoms with Crippen LogP contribution in [0.2, 0.25) is 13.1 Å². The van der Waals surface area contributed by atoms with E-state index < -0.39 is 20.8 Å². The van der Waals surface area contributed by atoms with E-state index in [2.05, 4.69) is 150 Å². The van der Waals surface area contributed by atoms with Crippen LogP contribution in [-0.2, 0) is 46.5 Å². The second-order valence-corrected chi connectivity index (χ2v) is 23.3. The normalized spacial score (nSPS) is 16.1. The first kappa shape index (κ1) is 50.8. The van der Waals surface area contributed by atoms with Crippen molar-refractivity contribution in [1.82, 2.24) is 0 Å². The first-order chi connectivity index (χ1) is 30.3. The zero-order chi connectivity index (χ0) is 44.2. The van der Waals surface area contributed by atoms with Crippen LogP contribution in [0.3, 0.4) is 0 Å². The molecule has 2 radical (unpaired) electrons. The average molecular weight is 963 g/mol. The van der Waals surface area contributed by atoms with Crippen molar-refractivity contribution in [3.63, 3.8) is 0 Å². The maximum atomic E-state index is 4.93. The molecule has 0 aromatic heterocycles. The number of halogens is 2. The molecule has 0 unspecified atom stereocenters. The van der Waals surface area contributed by atoms with Crippen molar-refractivity contribution in [2.45, 2.75) is 169 Å².